The standard InChI is InChI=1S/C15H19NO4/c1-2-20-13-7-3-11(4-8-13)15(19)16(12-5-6-12)10-9-14(17)18/h3-4,7-8,12H,2,5-6,9-10H2,1H3,(H,17,18). The number of carboxylic acid groups (broad SMARTS) is 1. The average molecular weight is 277 g/mol. The second kappa shape index (κ2) is 6.41. The van der Waals surface area contributed by atoms with Crippen molar-refractivity contribution in [2.45, 2.75) is 32.2 Å². The van der Waals surface area contributed by atoms with Gasteiger partial charge in [-0.2, -0.15) is 0 Å². The Kier molecular flexibility index (Phi) is 4.61. The summed E-state index contributed by atoms with van der Waals surface area (Å²) in [7, 11) is 0. The molecule has 0 heterocycles. The Labute approximate surface area is 118 Å². The van der Waals surface area contributed by atoms with Gasteiger partial charge < -0.3 is 14.7 Å². The molecule has 2 rings (SSSR count). The molecule has 0 spiro atoms. The van der Waals surface area contributed by atoms with E-state index in [0.717, 1.165) is 18.6 Å². The van der Waals surface area contributed by atoms with Gasteiger partial charge in [-0.05, 0) is 44.0 Å². The maximum Gasteiger partial charge on any atom is 0.305 e. The molecule has 0 saturated heterocycles. The van der Waals surface area contributed by atoms with Crippen LogP contribution in [0.25, 0.3) is 0 Å². The SMILES string of the molecule is CCOc1ccc(C(=O)N(CCC(=O)O)C2CC2)cc1. The summed E-state index contributed by atoms with van der Waals surface area (Å²) in [5, 5.41) is 8.76. The van der Waals surface area contributed by atoms with E-state index in [9.17, 15) is 9.59 Å². The topological polar surface area (TPSA) is 66.8 Å². The third kappa shape index (κ3) is 3.73. The largest absolute Gasteiger partial charge is 0.494 e. The number of hydrogen-bond donors (Lipinski definition) is 1. The Morgan fingerprint density at radius 1 is 1.30 bits per heavy atom. The van der Waals surface area contributed by atoms with Crippen LogP contribution in [0.5, 0.6) is 5.75 Å². The minimum absolute atomic E-state index is 0.0146. The number of carboxylic acids is 1. The lowest BCUT2D eigenvalue weighted by Gasteiger charge is -2.21. The first-order chi connectivity index (χ1) is 9.61. The Hall–Kier alpha value is -2.04. The highest BCUT2D eigenvalue weighted by Crippen LogP contribution is 2.28. The zero-order valence-electron chi connectivity index (χ0n) is 11.5. The summed E-state index contributed by atoms with van der Waals surface area (Å²) in [6, 6.07) is 7.18. The molecule has 5 nitrogen and oxygen atoms in total. The minimum atomic E-state index is -0.879. The van der Waals surface area contributed by atoms with Gasteiger partial charge in [0.1, 0.15) is 5.75 Å². The van der Waals surface area contributed by atoms with E-state index in [2.05, 4.69) is 0 Å². The minimum Gasteiger partial charge on any atom is -0.494 e. The lowest BCUT2D eigenvalue weighted by molar-refractivity contribution is -0.137. The summed E-state index contributed by atoms with van der Waals surface area (Å²) < 4.78 is 5.34. The normalized spacial score (nSPS) is 13.8. The first-order valence-electron chi connectivity index (χ1n) is 6.87. The summed E-state index contributed by atoms with van der Waals surface area (Å²) in [6.07, 6.45) is 1.91. The highest BCUT2D eigenvalue weighted by Gasteiger charge is 2.33. The molecular formula is C15H19NO4. The van der Waals surface area contributed by atoms with Crippen LogP contribution >= 0.6 is 0 Å². The Morgan fingerprint density at radius 3 is 2.45 bits per heavy atom. The first kappa shape index (κ1) is 14.4. The lowest BCUT2D eigenvalue weighted by atomic mass is 10.2. The molecule has 1 aliphatic rings. The van der Waals surface area contributed by atoms with E-state index in [0.29, 0.717) is 12.2 Å². The van der Waals surface area contributed by atoms with Crippen LogP contribution in [-0.4, -0.2) is 41.1 Å². The van der Waals surface area contributed by atoms with Crippen LogP contribution in [0.2, 0.25) is 0 Å². The second-order valence-corrected chi connectivity index (χ2v) is 4.83. The van der Waals surface area contributed by atoms with Gasteiger partial charge in [-0.1, -0.05) is 0 Å². The monoisotopic (exact) mass is 277 g/mol. The molecular weight excluding hydrogens is 258 g/mol. The van der Waals surface area contributed by atoms with Crippen molar-refractivity contribution in [1.29, 1.82) is 0 Å². The summed E-state index contributed by atoms with van der Waals surface area (Å²) in [6.45, 7) is 2.76. The van der Waals surface area contributed by atoms with Gasteiger partial charge >= 0.3 is 5.97 Å². The molecule has 5 heteroatoms. The van der Waals surface area contributed by atoms with E-state index in [1.54, 1.807) is 29.2 Å². The molecule has 1 amide bonds. The van der Waals surface area contributed by atoms with Crippen LogP contribution < -0.4 is 4.74 Å². The van der Waals surface area contributed by atoms with E-state index in [-0.39, 0.29) is 24.9 Å². The number of amides is 1. The Bertz CT molecular complexity index is 479. The van der Waals surface area contributed by atoms with Crippen LogP contribution in [0.15, 0.2) is 24.3 Å². The highest BCUT2D eigenvalue weighted by atomic mass is 16.5. The molecule has 0 bridgehead atoms. The van der Waals surface area contributed by atoms with Crippen LogP contribution in [0.1, 0.15) is 36.5 Å². The van der Waals surface area contributed by atoms with Gasteiger partial charge in [-0.15, -0.1) is 0 Å². The number of carbonyl (C=O) groups excluding carboxylic acids is 1. The van der Waals surface area contributed by atoms with Gasteiger partial charge in [-0.25, -0.2) is 0 Å². The summed E-state index contributed by atoms with van der Waals surface area (Å²) in [5.41, 5.74) is 0.575. The number of carbonyl (C=O) groups is 2. The second-order valence-electron chi connectivity index (χ2n) is 4.83. The van der Waals surface area contributed by atoms with Gasteiger partial charge in [0.05, 0.1) is 13.0 Å². The number of nitrogens with zero attached hydrogens (tertiary/aromatic N) is 1. The van der Waals surface area contributed by atoms with E-state index in [1.165, 1.54) is 0 Å². The number of benzene rings is 1. The van der Waals surface area contributed by atoms with E-state index in [4.69, 9.17) is 9.84 Å². The van der Waals surface area contributed by atoms with Gasteiger partial charge in [0.15, 0.2) is 0 Å². The van der Waals surface area contributed by atoms with Crippen LogP contribution in [0.3, 0.4) is 0 Å². The molecule has 108 valence electrons. The third-order valence-corrected chi connectivity index (χ3v) is 3.23. The van der Waals surface area contributed by atoms with Crippen LogP contribution in [0, 0.1) is 0 Å². The van der Waals surface area contributed by atoms with Crippen molar-refractivity contribution in [3.63, 3.8) is 0 Å². The quantitative estimate of drug-likeness (QED) is 0.829. The summed E-state index contributed by atoms with van der Waals surface area (Å²) in [5.74, 6) is -0.250. The van der Waals surface area contributed by atoms with Crippen molar-refractivity contribution >= 4 is 11.9 Å². The van der Waals surface area contributed by atoms with Crippen LogP contribution in [-0.2, 0) is 4.79 Å². The van der Waals surface area contributed by atoms with Crippen molar-refractivity contribution in [3.8, 4) is 5.75 Å². The fourth-order valence-electron chi connectivity index (χ4n) is 2.08. The first-order valence-corrected chi connectivity index (χ1v) is 6.87. The smallest absolute Gasteiger partial charge is 0.305 e. The number of aliphatic carboxylic acids is 1. The number of ether oxygens (including phenoxy) is 1. The predicted octanol–water partition coefficient (Wildman–Crippen LogP) is 2.16. The van der Waals surface area contributed by atoms with Crippen LogP contribution in [0.4, 0.5) is 0 Å². The van der Waals surface area contributed by atoms with Gasteiger partial charge in [0, 0.05) is 18.2 Å². The predicted molar refractivity (Wildman–Crippen MR) is 73.9 cm³/mol. The van der Waals surface area contributed by atoms with E-state index >= 15 is 0 Å². The zero-order chi connectivity index (χ0) is 14.5. The summed E-state index contributed by atoms with van der Waals surface area (Å²) >= 11 is 0. The molecule has 1 saturated carbocycles. The Morgan fingerprint density at radius 2 is 1.95 bits per heavy atom. The lowest BCUT2D eigenvalue weighted by Crippen LogP contribution is -2.34. The maximum absolute atomic E-state index is 12.4. The molecule has 0 unspecified atom stereocenters. The molecule has 0 atom stereocenters. The van der Waals surface area contributed by atoms with Gasteiger partial charge in [-0.3, -0.25) is 9.59 Å². The number of hydrogen-bond acceptors (Lipinski definition) is 3. The van der Waals surface area contributed by atoms with Gasteiger partial charge in [0.2, 0.25) is 0 Å². The van der Waals surface area contributed by atoms with E-state index < -0.39 is 5.97 Å². The number of rotatable bonds is 7. The Balaban J connectivity index is 2.04. The maximum atomic E-state index is 12.4. The van der Waals surface area contributed by atoms with Crippen molar-refractivity contribution in [1.82, 2.24) is 4.90 Å². The molecule has 1 aromatic rings. The fourth-order valence-corrected chi connectivity index (χ4v) is 2.08. The zero-order valence-corrected chi connectivity index (χ0v) is 11.5. The van der Waals surface area contributed by atoms with Crippen molar-refractivity contribution in [2.24, 2.45) is 0 Å². The third-order valence-electron chi connectivity index (χ3n) is 3.23. The molecule has 0 aromatic heterocycles. The summed E-state index contributed by atoms with van der Waals surface area (Å²) in [4.78, 5) is 24.7. The molecule has 1 aliphatic carbocycles. The van der Waals surface area contributed by atoms with Crippen molar-refractivity contribution < 1.29 is 19.4 Å². The fraction of sp³-hybridized carbons (Fsp3) is 0.467. The highest BCUT2D eigenvalue weighted by molar-refractivity contribution is 5.95. The molecule has 0 radical (unpaired) electrons. The molecule has 1 fully saturated rings. The van der Waals surface area contributed by atoms with Crippen molar-refractivity contribution in [3.05, 3.63) is 29.8 Å². The van der Waals surface area contributed by atoms with E-state index in [1.807, 2.05) is 6.92 Å². The molecule has 1 aromatic carbocycles. The molecule has 0 aliphatic heterocycles. The van der Waals surface area contributed by atoms with Crippen molar-refractivity contribution in [2.75, 3.05) is 13.2 Å². The van der Waals surface area contributed by atoms with Gasteiger partial charge in [0.25, 0.3) is 5.91 Å². The molecule has 1 N–H and O–H groups in total. The average Bonchev–Trinajstić information content (AvgIpc) is 3.24. The molecule has 20 heavy (non-hydrogen) atoms.